The second-order valence-corrected chi connectivity index (χ2v) is 5.62. The molecule has 0 spiro atoms. The van der Waals surface area contributed by atoms with Crippen LogP contribution in [0, 0.1) is 0 Å². The average molecular weight is 312 g/mol. The summed E-state index contributed by atoms with van der Waals surface area (Å²) in [6, 6.07) is 6.15. The lowest BCUT2D eigenvalue weighted by Crippen LogP contribution is -2.11. The molecule has 0 aliphatic rings. The van der Waals surface area contributed by atoms with E-state index in [9.17, 15) is 0 Å². The standard InChI is InChI=1S/C14H18ClN3OS/c1-3-10(11-6-5-7-20-11)16-13-8-12(15)17-14(18-13)9-19-4-2/h5-8,10H,3-4,9H2,1-2H3,(H,16,17,18). The van der Waals surface area contributed by atoms with Crippen LogP contribution in [0.5, 0.6) is 0 Å². The Kier molecular flexibility index (Phi) is 5.76. The maximum absolute atomic E-state index is 6.04. The van der Waals surface area contributed by atoms with Gasteiger partial charge in [0, 0.05) is 17.6 Å². The summed E-state index contributed by atoms with van der Waals surface area (Å²) in [6.45, 7) is 5.09. The van der Waals surface area contributed by atoms with Gasteiger partial charge in [0.1, 0.15) is 17.6 Å². The zero-order chi connectivity index (χ0) is 14.4. The normalized spacial score (nSPS) is 12.3. The van der Waals surface area contributed by atoms with Gasteiger partial charge in [0.25, 0.3) is 0 Å². The molecular weight excluding hydrogens is 294 g/mol. The van der Waals surface area contributed by atoms with E-state index < -0.39 is 0 Å². The van der Waals surface area contributed by atoms with Crippen LogP contribution in [0.3, 0.4) is 0 Å². The van der Waals surface area contributed by atoms with Crippen LogP contribution in [-0.4, -0.2) is 16.6 Å². The Morgan fingerprint density at radius 3 is 2.90 bits per heavy atom. The molecule has 1 unspecified atom stereocenters. The van der Waals surface area contributed by atoms with Crippen molar-refractivity contribution < 1.29 is 4.74 Å². The number of thiophene rings is 1. The highest BCUT2D eigenvalue weighted by Gasteiger charge is 2.12. The molecule has 2 aromatic heterocycles. The minimum absolute atomic E-state index is 0.237. The molecule has 0 aromatic carbocycles. The lowest BCUT2D eigenvalue weighted by molar-refractivity contribution is 0.128. The van der Waals surface area contributed by atoms with Crippen LogP contribution in [0.25, 0.3) is 0 Å². The summed E-state index contributed by atoms with van der Waals surface area (Å²) < 4.78 is 5.32. The third-order valence-corrected chi connectivity index (χ3v) is 3.97. The Morgan fingerprint density at radius 1 is 1.40 bits per heavy atom. The quantitative estimate of drug-likeness (QED) is 0.775. The van der Waals surface area contributed by atoms with Crippen LogP contribution in [-0.2, 0) is 11.3 Å². The lowest BCUT2D eigenvalue weighted by atomic mass is 10.2. The van der Waals surface area contributed by atoms with Crippen molar-refractivity contribution in [1.29, 1.82) is 0 Å². The van der Waals surface area contributed by atoms with Crippen molar-refractivity contribution in [3.8, 4) is 0 Å². The first kappa shape index (κ1) is 15.2. The first-order valence-electron chi connectivity index (χ1n) is 6.64. The molecular formula is C14H18ClN3OS. The number of anilines is 1. The molecule has 0 fully saturated rings. The summed E-state index contributed by atoms with van der Waals surface area (Å²) in [7, 11) is 0. The van der Waals surface area contributed by atoms with E-state index in [1.165, 1.54) is 4.88 Å². The number of rotatable bonds is 7. The lowest BCUT2D eigenvalue weighted by Gasteiger charge is -2.16. The number of nitrogens with one attached hydrogen (secondary N) is 1. The zero-order valence-electron chi connectivity index (χ0n) is 11.6. The maximum Gasteiger partial charge on any atom is 0.158 e. The minimum atomic E-state index is 0.237. The number of halogens is 1. The molecule has 1 N–H and O–H groups in total. The smallest absolute Gasteiger partial charge is 0.158 e. The van der Waals surface area contributed by atoms with Crippen molar-refractivity contribution in [2.75, 3.05) is 11.9 Å². The van der Waals surface area contributed by atoms with Crippen LogP contribution >= 0.6 is 22.9 Å². The Bertz CT molecular complexity index is 533. The molecule has 0 saturated heterocycles. The fourth-order valence-electron chi connectivity index (χ4n) is 1.84. The Balaban J connectivity index is 2.13. The first-order chi connectivity index (χ1) is 9.72. The Labute approximate surface area is 128 Å². The van der Waals surface area contributed by atoms with Gasteiger partial charge in [-0.3, -0.25) is 0 Å². The summed E-state index contributed by atoms with van der Waals surface area (Å²) in [5.41, 5.74) is 0. The number of hydrogen-bond acceptors (Lipinski definition) is 5. The van der Waals surface area contributed by atoms with Crippen LogP contribution in [0.2, 0.25) is 5.15 Å². The van der Waals surface area contributed by atoms with Crippen molar-refractivity contribution in [3.05, 3.63) is 39.4 Å². The van der Waals surface area contributed by atoms with E-state index in [4.69, 9.17) is 16.3 Å². The van der Waals surface area contributed by atoms with Gasteiger partial charge in [-0.2, -0.15) is 0 Å². The molecule has 0 radical (unpaired) electrons. The predicted octanol–water partition coefficient (Wildman–Crippen LogP) is 4.29. The fraction of sp³-hybridized carbons (Fsp3) is 0.429. The number of hydrogen-bond donors (Lipinski definition) is 1. The Hall–Kier alpha value is -1.17. The summed E-state index contributed by atoms with van der Waals surface area (Å²) >= 11 is 7.77. The summed E-state index contributed by atoms with van der Waals surface area (Å²) in [5, 5.41) is 5.91. The van der Waals surface area contributed by atoms with Gasteiger partial charge in [0.2, 0.25) is 0 Å². The first-order valence-corrected chi connectivity index (χ1v) is 7.89. The minimum Gasteiger partial charge on any atom is -0.374 e. The molecule has 2 rings (SSSR count). The molecule has 2 heterocycles. The van der Waals surface area contributed by atoms with E-state index in [-0.39, 0.29) is 6.04 Å². The van der Waals surface area contributed by atoms with Crippen molar-refractivity contribution in [3.63, 3.8) is 0 Å². The highest BCUT2D eigenvalue weighted by molar-refractivity contribution is 7.10. The van der Waals surface area contributed by atoms with Crippen molar-refractivity contribution in [2.45, 2.75) is 32.9 Å². The molecule has 0 aliphatic carbocycles. The summed E-state index contributed by atoms with van der Waals surface area (Å²) in [6.07, 6.45) is 0.975. The molecule has 20 heavy (non-hydrogen) atoms. The second kappa shape index (κ2) is 7.57. The molecule has 0 amide bonds. The highest BCUT2D eigenvalue weighted by Crippen LogP contribution is 2.26. The van der Waals surface area contributed by atoms with Crippen LogP contribution < -0.4 is 5.32 Å². The van der Waals surface area contributed by atoms with E-state index in [1.54, 1.807) is 17.4 Å². The molecule has 0 bridgehead atoms. The van der Waals surface area contributed by atoms with Crippen molar-refractivity contribution >= 4 is 28.8 Å². The van der Waals surface area contributed by atoms with Crippen LogP contribution in [0.1, 0.15) is 37.0 Å². The molecule has 108 valence electrons. The highest BCUT2D eigenvalue weighted by atomic mass is 35.5. The van der Waals surface area contributed by atoms with E-state index in [1.807, 2.05) is 6.92 Å². The zero-order valence-corrected chi connectivity index (χ0v) is 13.2. The van der Waals surface area contributed by atoms with Crippen LogP contribution in [0.4, 0.5) is 5.82 Å². The van der Waals surface area contributed by atoms with Gasteiger partial charge in [-0.1, -0.05) is 24.6 Å². The number of aromatic nitrogens is 2. The fourth-order valence-corrected chi connectivity index (χ4v) is 2.90. The largest absolute Gasteiger partial charge is 0.374 e. The molecule has 4 nitrogen and oxygen atoms in total. The van der Waals surface area contributed by atoms with Gasteiger partial charge in [0.15, 0.2) is 5.82 Å². The van der Waals surface area contributed by atoms with Crippen LogP contribution in [0.15, 0.2) is 23.6 Å². The van der Waals surface area contributed by atoms with Gasteiger partial charge >= 0.3 is 0 Å². The maximum atomic E-state index is 6.04. The van der Waals surface area contributed by atoms with Gasteiger partial charge < -0.3 is 10.1 Å². The van der Waals surface area contributed by atoms with Gasteiger partial charge in [-0.05, 0) is 24.8 Å². The average Bonchev–Trinajstić information content (AvgIpc) is 2.96. The molecule has 1 atom stereocenters. The van der Waals surface area contributed by atoms with E-state index in [0.29, 0.717) is 24.2 Å². The topological polar surface area (TPSA) is 47.0 Å². The third-order valence-electron chi connectivity index (χ3n) is 2.79. The van der Waals surface area contributed by atoms with E-state index in [0.717, 1.165) is 12.2 Å². The second-order valence-electron chi connectivity index (χ2n) is 4.25. The van der Waals surface area contributed by atoms with E-state index >= 15 is 0 Å². The van der Waals surface area contributed by atoms with Crippen molar-refractivity contribution in [2.24, 2.45) is 0 Å². The van der Waals surface area contributed by atoms with Gasteiger partial charge in [0.05, 0.1) is 6.04 Å². The van der Waals surface area contributed by atoms with Crippen molar-refractivity contribution in [1.82, 2.24) is 9.97 Å². The molecule has 0 aliphatic heterocycles. The number of nitrogens with zero attached hydrogens (tertiary/aromatic N) is 2. The van der Waals surface area contributed by atoms with Gasteiger partial charge in [-0.25, -0.2) is 9.97 Å². The number of ether oxygens (including phenoxy) is 1. The third kappa shape index (κ3) is 4.16. The van der Waals surface area contributed by atoms with Gasteiger partial charge in [-0.15, -0.1) is 11.3 Å². The molecule has 6 heteroatoms. The SMILES string of the molecule is CCOCc1nc(Cl)cc(NC(CC)c2cccs2)n1. The molecule has 0 saturated carbocycles. The predicted molar refractivity (Wildman–Crippen MR) is 83.3 cm³/mol. The summed E-state index contributed by atoms with van der Waals surface area (Å²) in [4.78, 5) is 9.89. The summed E-state index contributed by atoms with van der Waals surface area (Å²) in [5.74, 6) is 1.34. The molecule has 2 aromatic rings. The Morgan fingerprint density at radius 2 is 2.25 bits per heavy atom. The van der Waals surface area contributed by atoms with E-state index in [2.05, 4.69) is 39.7 Å². The monoisotopic (exact) mass is 311 g/mol.